The van der Waals surface area contributed by atoms with Crippen molar-refractivity contribution in [2.24, 2.45) is 0 Å². The number of hydrogen-bond donors (Lipinski definition) is 1. The van der Waals surface area contributed by atoms with Gasteiger partial charge in [0.25, 0.3) is 0 Å². The van der Waals surface area contributed by atoms with Gasteiger partial charge in [-0.15, -0.1) is 16.8 Å². The van der Waals surface area contributed by atoms with Gasteiger partial charge in [0.05, 0.1) is 11.6 Å². The Morgan fingerprint density at radius 1 is 1.44 bits per heavy atom. The number of likely N-dealkylation sites (tertiary alicyclic amines) is 1. The van der Waals surface area contributed by atoms with Crippen LogP contribution in [-0.4, -0.2) is 51.1 Å². The van der Waals surface area contributed by atoms with Crippen molar-refractivity contribution in [3.05, 3.63) is 42.4 Å². The number of pyridine rings is 1. The van der Waals surface area contributed by atoms with E-state index in [4.69, 9.17) is 0 Å². The van der Waals surface area contributed by atoms with Crippen molar-refractivity contribution < 1.29 is 18.0 Å². The molecule has 1 amide bonds. The number of rotatable bonds is 5. The molecule has 27 heavy (non-hydrogen) atoms. The van der Waals surface area contributed by atoms with Gasteiger partial charge in [0.2, 0.25) is 5.91 Å². The lowest BCUT2D eigenvalue weighted by Gasteiger charge is -2.35. The molecule has 2 aromatic heterocycles. The Morgan fingerprint density at radius 2 is 2.22 bits per heavy atom. The van der Waals surface area contributed by atoms with Gasteiger partial charge in [-0.05, 0) is 38.4 Å². The Kier molecular flexibility index (Phi) is 5.50. The van der Waals surface area contributed by atoms with Gasteiger partial charge >= 0.3 is 6.18 Å². The van der Waals surface area contributed by atoms with Crippen LogP contribution in [0.4, 0.5) is 13.2 Å². The zero-order chi connectivity index (χ0) is 19.6. The first-order chi connectivity index (χ1) is 12.8. The minimum absolute atomic E-state index is 0.0908. The summed E-state index contributed by atoms with van der Waals surface area (Å²) in [5, 5.41) is 10.9. The monoisotopic (exact) mass is 381 g/mol. The lowest BCUT2D eigenvalue weighted by molar-refractivity contribution is -0.137. The highest BCUT2D eigenvalue weighted by Gasteiger charge is 2.33. The van der Waals surface area contributed by atoms with Gasteiger partial charge < -0.3 is 5.32 Å². The number of piperidine rings is 1. The number of halogens is 3. The number of fused-ring (bicyclic) bond motifs is 1. The highest BCUT2D eigenvalue weighted by atomic mass is 19.4. The predicted octanol–water partition coefficient (Wildman–Crippen LogP) is 2.62. The number of alkyl halides is 3. The number of nitrogens with zero attached hydrogens (tertiary/aromatic N) is 4. The lowest BCUT2D eigenvalue weighted by atomic mass is 9.96. The molecule has 1 fully saturated rings. The van der Waals surface area contributed by atoms with Gasteiger partial charge in [-0.3, -0.25) is 14.1 Å². The van der Waals surface area contributed by atoms with Crippen LogP contribution in [-0.2, 0) is 11.0 Å². The minimum Gasteiger partial charge on any atom is -0.351 e. The molecule has 1 N–H and O–H groups in total. The van der Waals surface area contributed by atoms with Crippen molar-refractivity contribution in [2.45, 2.75) is 37.9 Å². The molecule has 3 heterocycles. The molecule has 2 unspecified atom stereocenters. The summed E-state index contributed by atoms with van der Waals surface area (Å²) in [6.45, 7) is 7.09. The second-order valence-corrected chi connectivity index (χ2v) is 6.75. The maximum Gasteiger partial charge on any atom is 0.417 e. The first kappa shape index (κ1) is 19.3. The molecule has 9 heteroatoms. The molecule has 0 saturated carbocycles. The van der Waals surface area contributed by atoms with E-state index in [1.807, 2.05) is 11.8 Å². The van der Waals surface area contributed by atoms with E-state index in [1.54, 1.807) is 6.08 Å². The first-order valence-electron chi connectivity index (χ1n) is 8.85. The third-order valence-electron chi connectivity index (χ3n) is 4.92. The standard InChI is InChI=1S/C18H22F3N5O/c1-3-8-22-17(27)12(2)25-9-4-5-13(10-25)16-24-23-15-7-6-14(11-26(15)16)18(19,20)21/h3,6-7,11-13H,1,4-5,8-10H2,2H3,(H,22,27). The molecule has 3 rings (SSSR count). The molecule has 1 aliphatic heterocycles. The Labute approximate surface area is 155 Å². The highest BCUT2D eigenvalue weighted by Crippen LogP contribution is 2.31. The largest absolute Gasteiger partial charge is 0.417 e. The number of carbonyl (C=O) groups is 1. The Morgan fingerprint density at radius 3 is 2.93 bits per heavy atom. The van der Waals surface area contributed by atoms with Crippen LogP contribution in [0.5, 0.6) is 0 Å². The number of aromatic nitrogens is 3. The first-order valence-corrected chi connectivity index (χ1v) is 8.85. The second kappa shape index (κ2) is 7.67. The molecule has 1 saturated heterocycles. The minimum atomic E-state index is -4.42. The molecule has 1 aliphatic rings. The summed E-state index contributed by atoms with van der Waals surface area (Å²) in [5.74, 6) is 0.312. The third-order valence-corrected chi connectivity index (χ3v) is 4.92. The fourth-order valence-electron chi connectivity index (χ4n) is 3.41. The average Bonchev–Trinajstić information content (AvgIpc) is 3.08. The smallest absolute Gasteiger partial charge is 0.351 e. The van der Waals surface area contributed by atoms with E-state index in [0.29, 0.717) is 24.6 Å². The van der Waals surface area contributed by atoms with Crippen molar-refractivity contribution in [2.75, 3.05) is 19.6 Å². The second-order valence-electron chi connectivity index (χ2n) is 6.75. The van der Waals surface area contributed by atoms with Crippen LogP contribution in [0.25, 0.3) is 5.65 Å². The van der Waals surface area contributed by atoms with E-state index < -0.39 is 11.7 Å². The van der Waals surface area contributed by atoms with E-state index in [9.17, 15) is 18.0 Å². The predicted molar refractivity (Wildman–Crippen MR) is 94.2 cm³/mol. The zero-order valence-corrected chi connectivity index (χ0v) is 15.0. The fourth-order valence-corrected chi connectivity index (χ4v) is 3.41. The van der Waals surface area contributed by atoms with Crippen LogP contribution >= 0.6 is 0 Å². The molecular weight excluding hydrogens is 359 g/mol. The van der Waals surface area contributed by atoms with Crippen LogP contribution in [0, 0.1) is 0 Å². The van der Waals surface area contributed by atoms with Gasteiger partial charge in [-0.1, -0.05) is 6.08 Å². The fraction of sp³-hybridized carbons (Fsp3) is 0.500. The Bertz CT molecular complexity index is 832. The summed E-state index contributed by atoms with van der Waals surface area (Å²) >= 11 is 0. The van der Waals surface area contributed by atoms with Crippen LogP contribution < -0.4 is 5.32 Å². The summed E-state index contributed by atoms with van der Waals surface area (Å²) in [5.41, 5.74) is -0.354. The van der Waals surface area contributed by atoms with Crippen molar-refractivity contribution in [1.29, 1.82) is 0 Å². The quantitative estimate of drug-likeness (QED) is 0.809. The number of carbonyl (C=O) groups excluding carboxylic acids is 1. The highest BCUT2D eigenvalue weighted by molar-refractivity contribution is 5.81. The zero-order valence-electron chi connectivity index (χ0n) is 15.0. The number of nitrogens with one attached hydrogen (secondary N) is 1. The summed E-state index contributed by atoms with van der Waals surface area (Å²) in [6.07, 6.45) is -0.147. The molecule has 0 bridgehead atoms. The molecular formula is C18H22F3N5O. The maximum absolute atomic E-state index is 13.0. The normalized spacial score (nSPS) is 19.8. The van der Waals surface area contributed by atoms with Gasteiger partial charge in [-0.25, -0.2) is 0 Å². The Hall–Kier alpha value is -2.42. The van der Waals surface area contributed by atoms with Crippen molar-refractivity contribution in [3.63, 3.8) is 0 Å². The van der Waals surface area contributed by atoms with E-state index in [1.165, 1.54) is 10.5 Å². The van der Waals surface area contributed by atoms with Gasteiger partial charge in [0, 0.05) is 25.2 Å². The van der Waals surface area contributed by atoms with Crippen molar-refractivity contribution in [3.8, 4) is 0 Å². The van der Waals surface area contributed by atoms with E-state index >= 15 is 0 Å². The summed E-state index contributed by atoms with van der Waals surface area (Å²) < 4.78 is 40.5. The van der Waals surface area contributed by atoms with Crippen molar-refractivity contribution in [1.82, 2.24) is 24.8 Å². The number of hydrogen-bond acceptors (Lipinski definition) is 4. The molecule has 0 aromatic carbocycles. The van der Waals surface area contributed by atoms with Crippen LogP contribution in [0.1, 0.15) is 37.1 Å². The van der Waals surface area contributed by atoms with Crippen LogP contribution in [0.3, 0.4) is 0 Å². The molecule has 146 valence electrons. The average molecular weight is 381 g/mol. The van der Waals surface area contributed by atoms with Gasteiger partial charge in [-0.2, -0.15) is 13.2 Å². The maximum atomic E-state index is 13.0. The third kappa shape index (κ3) is 4.13. The van der Waals surface area contributed by atoms with E-state index in [0.717, 1.165) is 31.6 Å². The molecule has 0 radical (unpaired) electrons. The molecule has 0 aliphatic carbocycles. The molecule has 2 atom stereocenters. The summed E-state index contributed by atoms with van der Waals surface area (Å²) in [6, 6.07) is 2.00. The van der Waals surface area contributed by atoms with Crippen molar-refractivity contribution >= 4 is 11.6 Å². The van der Waals surface area contributed by atoms with Crippen LogP contribution in [0.15, 0.2) is 31.0 Å². The summed E-state index contributed by atoms with van der Waals surface area (Å²) in [7, 11) is 0. The Balaban J connectivity index is 1.81. The van der Waals surface area contributed by atoms with E-state index in [-0.39, 0.29) is 17.9 Å². The molecule has 6 nitrogen and oxygen atoms in total. The SMILES string of the molecule is C=CCNC(=O)C(C)N1CCCC(c2nnc3ccc(C(F)(F)F)cn23)C1. The lowest BCUT2D eigenvalue weighted by Crippen LogP contribution is -2.48. The topological polar surface area (TPSA) is 62.5 Å². The van der Waals surface area contributed by atoms with Crippen LogP contribution in [0.2, 0.25) is 0 Å². The van der Waals surface area contributed by atoms with Gasteiger partial charge in [0.1, 0.15) is 5.82 Å². The molecule has 0 spiro atoms. The molecule has 2 aromatic rings. The summed E-state index contributed by atoms with van der Waals surface area (Å²) in [4.78, 5) is 14.2. The number of amides is 1. The van der Waals surface area contributed by atoms with Gasteiger partial charge in [0.15, 0.2) is 5.65 Å². The van der Waals surface area contributed by atoms with E-state index in [2.05, 4.69) is 22.1 Å².